The van der Waals surface area contributed by atoms with Crippen molar-refractivity contribution in [1.29, 1.82) is 0 Å². The molecule has 2 rings (SSSR count). The second-order valence-corrected chi connectivity index (χ2v) is 20.7. The van der Waals surface area contributed by atoms with Crippen LogP contribution in [-0.2, 0) is 8.85 Å². The Kier molecular flexibility index (Phi) is 9.35. The summed E-state index contributed by atoms with van der Waals surface area (Å²) in [6.07, 6.45) is 8.81. The van der Waals surface area contributed by atoms with Crippen molar-refractivity contribution in [2.45, 2.75) is 89.8 Å². The van der Waals surface area contributed by atoms with Gasteiger partial charge in [-0.1, -0.05) is 108 Å². The van der Waals surface area contributed by atoms with Gasteiger partial charge in [-0.05, 0) is 33.5 Å². The third-order valence-electron chi connectivity index (χ3n) is 7.12. The molecule has 0 saturated heterocycles. The molecule has 2 aromatic carbocycles. The molecular formula is C30H44O2Si2. The first-order valence-electron chi connectivity index (χ1n) is 12.3. The van der Waals surface area contributed by atoms with Gasteiger partial charge in [0, 0.05) is 12.8 Å². The van der Waals surface area contributed by atoms with Gasteiger partial charge in [0.05, 0.1) is 12.2 Å². The third-order valence-corrected chi connectivity index (χ3v) is 16.7. The quantitative estimate of drug-likeness (QED) is 0.203. The maximum absolute atomic E-state index is 7.33. The minimum atomic E-state index is -2.70. The number of benzene rings is 2. The van der Waals surface area contributed by atoms with Crippen LogP contribution in [0.2, 0.25) is 23.2 Å². The van der Waals surface area contributed by atoms with Crippen LogP contribution in [0.1, 0.15) is 54.4 Å². The Morgan fingerprint density at radius 1 is 0.853 bits per heavy atom. The highest BCUT2D eigenvalue weighted by Crippen LogP contribution is 2.40. The lowest BCUT2D eigenvalue weighted by Crippen LogP contribution is -2.67. The molecule has 184 valence electrons. The first kappa shape index (κ1) is 28.3. The zero-order valence-corrected chi connectivity index (χ0v) is 24.5. The molecule has 0 aliphatic carbocycles. The van der Waals surface area contributed by atoms with E-state index in [9.17, 15) is 0 Å². The molecule has 0 spiro atoms. The van der Waals surface area contributed by atoms with Crippen molar-refractivity contribution in [3.8, 4) is 12.3 Å². The smallest absolute Gasteiger partial charge is 0.261 e. The average molecular weight is 493 g/mol. The second-order valence-electron chi connectivity index (χ2n) is 11.7. The number of hydrogen-bond acceptors (Lipinski definition) is 2. The van der Waals surface area contributed by atoms with E-state index in [1.54, 1.807) is 0 Å². The standard InChI is InChI=1S/C30H44O2Si2/c1-11-19-26(24-25(12-2)31-33(9,10)29(3,4)5)32-34(30(6,7)8,27-20-15-13-16-21-27)28-22-17-14-18-23-28/h1,12-18,20-23,25-26H,2,19,24H2,3-10H3/t25-,26-/m0/s1. The lowest BCUT2D eigenvalue weighted by Gasteiger charge is -2.46. The Hall–Kier alpha value is -1.91. The zero-order valence-electron chi connectivity index (χ0n) is 22.5. The van der Waals surface area contributed by atoms with E-state index in [4.69, 9.17) is 15.3 Å². The molecule has 34 heavy (non-hydrogen) atoms. The Bertz CT molecular complexity index is 908. The summed E-state index contributed by atoms with van der Waals surface area (Å²) >= 11 is 0. The molecule has 0 unspecified atom stereocenters. The lowest BCUT2D eigenvalue weighted by atomic mass is 10.1. The monoisotopic (exact) mass is 492 g/mol. The van der Waals surface area contributed by atoms with Crippen LogP contribution in [0.5, 0.6) is 0 Å². The summed E-state index contributed by atoms with van der Waals surface area (Å²) < 4.78 is 14.1. The first-order chi connectivity index (χ1) is 15.8. The number of rotatable bonds is 10. The highest BCUT2D eigenvalue weighted by molar-refractivity contribution is 6.99. The van der Waals surface area contributed by atoms with Crippen molar-refractivity contribution in [2.24, 2.45) is 0 Å². The highest BCUT2D eigenvalue weighted by atomic mass is 28.4. The van der Waals surface area contributed by atoms with Crippen molar-refractivity contribution in [2.75, 3.05) is 0 Å². The van der Waals surface area contributed by atoms with Crippen molar-refractivity contribution < 1.29 is 8.85 Å². The Balaban J connectivity index is 2.54. The fraction of sp³-hybridized carbons (Fsp3) is 0.467. The molecule has 0 aliphatic rings. The minimum Gasteiger partial charge on any atom is -0.410 e. The van der Waals surface area contributed by atoms with E-state index in [2.05, 4.69) is 128 Å². The van der Waals surface area contributed by atoms with Gasteiger partial charge in [-0.3, -0.25) is 0 Å². The van der Waals surface area contributed by atoms with Gasteiger partial charge in [-0.2, -0.15) is 0 Å². The van der Waals surface area contributed by atoms with Crippen LogP contribution in [0, 0.1) is 12.3 Å². The largest absolute Gasteiger partial charge is 0.410 e. The normalized spacial score (nSPS) is 14.8. The molecule has 0 saturated carbocycles. The maximum atomic E-state index is 7.33. The fourth-order valence-electron chi connectivity index (χ4n) is 4.25. The van der Waals surface area contributed by atoms with Gasteiger partial charge in [0.2, 0.25) is 0 Å². The molecule has 2 atom stereocenters. The van der Waals surface area contributed by atoms with Gasteiger partial charge in [0.15, 0.2) is 8.32 Å². The van der Waals surface area contributed by atoms with Crippen molar-refractivity contribution in [3.05, 3.63) is 73.3 Å². The van der Waals surface area contributed by atoms with E-state index in [-0.39, 0.29) is 22.3 Å². The molecule has 0 radical (unpaired) electrons. The Morgan fingerprint density at radius 2 is 1.32 bits per heavy atom. The molecule has 2 nitrogen and oxygen atoms in total. The predicted molar refractivity (Wildman–Crippen MR) is 153 cm³/mol. The van der Waals surface area contributed by atoms with E-state index in [1.165, 1.54) is 10.4 Å². The molecular weight excluding hydrogens is 449 g/mol. The van der Waals surface area contributed by atoms with Crippen molar-refractivity contribution >= 4 is 27.0 Å². The Morgan fingerprint density at radius 3 is 1.68 bits per heavy atom. The minimum absolute atomic E-state index is 0.0996. The summed E-state index contributed by atoms with van der Waals surface area (Å²) in [5.74, 6) is 2.89. The van der Waals surface area contributed by atoms with E-state index in [0.717, 1.165) is 0 Å². The van der Waals surface area contributed by atoms with E-state index in [1.807, 2.05) is 6.08 Å². The number of hydrogen-bond donors (Lipinski definition) is 0. The molecule has 4 heteroatoms. The second kappa shape index (κ2) is 11.2. The van der Waals surface area contributed by atoms with Crippen LogP contribution in [-0.4, -0.2) is 28.8 Å². The van der Waals surface area contributed by atoms with Gasteiger partial charge >= 0.3 is 0 Å². The Labute approximate surface area is 211 Å². The van der Waals surface area contributed by atoms with Crippen LogP contribution in [0.15, 0.2) is 73.3 Å². The zero-order chi connectivity index (χ0) is 25.6. The fourth-order valence-corrected chi connectivity index (χ4v) is 10.2. The molecule has 0 fully saturated rings. The van der Waals surface area contributed by atoms with Crippen LogP contribution < -0.4 is 10.4 Å². The molecule has 0 heterocycles. The van der Waals surface area contributed by atoms with Gasteiger partial charge < -0.3 is 8.85 Å². The molecule has 0 aromatic heterocycles. The molecule has 0 N–H and O–H groups in total. The van der Waals surface area contributed by atoms with Gasteiger partial charge in [-0.25, -0.2) is 0 Å². The van der Waals surface area contributed by atoms with E-state index in [0.29, 0.717) is 12.8 Å². The van der Waals surface area contributed by atoms with Gasteiger partial charge in [-0.15, -0.1) is 18.9 Å². The summed E-state index contributed by atoms with van der Waals surface area (Å²) in [7, 11) is -4.67. The SMILES string of the molecule is C#CC[C@@H](C[C@H](C=C)O[Si](C)(C)C(C)(C)C)O[Si](c1ccccc1)(c1ccccc1)C(C)(C)C. The third kappa shape index (κ3) is 6.40. The van der Waals surface area contributed by atoms with Crippen molar-refractivity contribution in [3.63, 3.8) is 0 Å². The van der Waals surface area contributed by atoms with Gasteiger partial charge in [0.25, 0.3) is 8.32 Å². The van der Waals surface area contributed by atoms with Crippen molar-refractivity contribution in [1.82, 2.24) is 0 Å². The van der Waals surface area contributed by atoms with E-state index >= 15 is 0 Å². The number of terminal acetylenes is 1. The summed E-state index contributed by atoms with van der Waals surface area (Å²) in [6.45, 7) is 22.3. The molecule has 0 amide bonds. The van der Waals surface area contributed by atoms with E-state index < -0.39 is 16.6 Å². The summed E-state index contributed by atoms with van der Waals surface area (Å²) in [5.41, 5.74) is 0. The first-order valence-corrected chi connectivity index (χ1v) is 17.1. The maximum Gasteiger partial charge on any atom is 0.261 e. The molecule has 2 aromatic rings. The summed E-state index contributed by atoms with van der Waals surface area (Å²) in [6, 6.07) is 21.4. The summed E-state index contributed by atoms with van der Waals surface area (Å²) in [4.78, 5) is 0. The lowest BCUT2D eigenvalue weighted by molar-refractivity contribution is 0.121. The molecule has 0 aliphatic heterocycles. The van der Waals surface area contributed by atoms with Gasteiger partial charge in [0.1, 0.15) is 0 Å². The average Bonchev–Trinajstić information content (AvgIpc) is 2.76. The summed E-state index contributed by atoms with van der Waals surface area (Å²) in [5, 5.41) is 2.54. The van der Waals surface area contributed by atoms with Crippen LogP contribution >= 0.6 is 0 Å². The highest BCUT2D eigenvalue weighted by Gasteiger charge is 2.51. The van der Waals surface area contributed by atoms with Crippen LogP contribution in [0.3, 0.4) is 0 Å². The predicted octanol–water partition coefficient (Wildman–Crippen LogP) is 6.92. The molecule has 0 bridgehead atoms. The van der Waals surface area contributed by atoms with Crippen LogP contribution in [0.4, 0.5) is 0 Å². The topological polar surface area (TPSA) is 18.5 Å². The van der Waals surface area contributed by atoms with Crippen LogP contribution in [0.25, 0.3) is 0 Å².